The van der Waals surface area contributed by atoms with Crippen molar-refractivity contribution in [1.29, 1.82) is 0 Å². The Bertz CT molecular complexity index is 1570. The predicted octanol–water partition coefficient (Wildman–Crippen LogP) is 4.23. The number of fused-ring (bicyclic) bond motifs is 1. The maximum absolute atomic E-state index is 13.9. The lowest BCUT2D eigenvalue weighted by molar-refractivity contribution is 0.600. The van der Waals surface area contributed by atoms with Gasteiger partial charge in [-0.2, -0.15) is 5.10 Å². The summed E-state index contributed by atoms with van der Waals surface area (Å²) in [5.74, 6) is -0.403. The summed E-state index contributed by atoms with van der Waals surface area (Å²) >= 11 is 0. The Morgan fingerprint density at radius 1 is 0.848 bits per heavy atom. The molecule has 4 aromatic rings. The van der Waals surface area contributed by atoms with Crippen LogP contribution in [-0.2, 0) is 19.7 Å². The third-order valence-corrected chi connectivity index (χ3v) is 7.30. The smallest absolute Gasteiger partial charge is 0.175 e. The summed E-state index contributed by atoms with van der Waals surface area (Å²) in [6.07, 6.45) is 3.80. The van der Waals surface area contributed by atoms with Gasteiger partial charge in [0.1, 0.15) is 5.82 Å². The van der Waals surface area contributed by atoms with Crippen LogP contribution in [0.2, 0.25) is 0 Å². The highest BCUT2D eigenvalue weighted by Gasteiger charge is 2.14. The molecule has 0 spiro atoms. The molecule has 4 rings (SSSR count). The standard InChI is InChI=1S/C23H20FN3O4S2/c1-32(28,29)18-8-3-15(4-9-18)23-21(20-13-16(24)5-12-22(20)26-23)14-25-27-17-6-10-19(11-7-17)33(2,30)31/h3-14,26-27H,1-2H3/b25-14+. The van der Waals surface area contributed by atoms with Crippen LogP contribution >= 0.6 is 0 Å². The molecule has 0 unspecified atom stereocenters. The fourth-order valence-corrected chi connectivity index (χ4v) is 4.62. The van der Waals surface area contributed by atoms with E-state index in [9.17, 15) is 21.2 Å². The van der Waals surface area contributed by atoms with Gasteiger partial charge in [-0.15, -0.1) is 0 Å². The quantitative estimate of drug-likeness (QED) is 0.314. The van der Waals surface area contributed by atoms with Crippen molar-refractivity contribution in [1.82, 2.24) is 4.98 Å². The Hall–Kier alpha value is -3.50. The van der Waals surface area contributed by atoms with Gasteiger partial charge in [0.15, 0.2) is 19.7 Å². The second-order valence-electron chi connectivity index (χ2n) is 7.57. The molecule has 0 bridgehead atoms. The van der Waals surface area contributed by atoms with Gasteiger partial charge in [0.2, 0.25) is 0 Å². The van der Waals surface area contributed by atoms with E-state index in [2.05, 4.69) is 15.5 Å². The lowest BCUT2D eigenvalue weighted by Gasteiger charge is -2.04. The van der Waals surface area contributed by atoms with Gasteiger partial charge in [-0.1, -0.05) is 12.1 Å². The molecule has 10 heteroatoms. The molecule has 3 aromatic carbocycles. The van der Waals surface area contributed by atoms with Crippen LogP contribution in [0.5, 0.6) is 0 Å². The number of sulfone groups is 2. The monoisotopic (exact) mass is 485 g/mol. The normalized spacial score (nSPS) is 12.5. The lowest BCUT2D eigenvalue weighted by Crippen LogP contribution is -1.97. The zero-order valence-electron chi connectivity index (χ0n) is 17.7. The first-order valence-electron chi connectivity index (χ1n) is 9.73. The fourth-order valence-electron chi connectivity index (χ4n) is 3.36. The van der Waals surface area contributed by atoms with Crippen LogP contribution in [0.4, 0.5) is 10.1 Å². The highest BCUT2D eigenvalue weighted by molar-refractivity contribution is 7.91. The number of halogens is 1. The Balaban J connectivity index is 1.71. The molecule has 0 aliphatic carbocycles. The summed E-state index contributed by atoms with van der Waals surface area (Å²) in [4.78, 5) is 3.63. The van der Waals surface area contributed by atoms with E-state index in [0.717, 1.165) is 12.5 Å². The molecule has 0 radical (unpaired) electrons. The predicted molar refractivity (Wildman–Crippen MR) is 128 cm³/mol. The molecule has 7 nitrogen and oxygen atoms in total. The third-order valence-electron chi connectivity index (χ3n) is 5.04. The van der Waals surface area contributed by atoms with Gasteiger partial charge in [0.25, 0.3) is 0 Å². The topological polar surface area (TPSA) is 108 Å². The SMILES string of the molecule is CS(=O)(=O)c1ccc(N/N=C/c2c(-c3ccc(S(C)(=O)=O)cc3)[nH]c3ccc(F)cc23)cc1. The number of hydrogen-bond donors (Lipinski definition) is 2. The molecule has 2 N–H and O–H groups in total. The van der Waals surface area contributed by atoms with Gasteiger partial charge in [-0.3, -0.25) is 5.43 Å². The van der Waals surface area contributed by atoms with Gasteiger partial charge < -0.3 is 4.98 Å². The minimum Gasteiger partial charge on any atom is -0.354 e. The summed E-state index contributed by atoms with van der Waals surface area (Å²) < 4.78 is 60.7. The van der Waals surface area contributed by atoms with Crippen LogP contribution in [0.1, 0.15) is 5.56 Å². The number of hydrogen-bond acceptors (Lipinski definition) is 6. The van der Waals surface area contributed by atoms with E-state index in [-0.39, 0.29) is 9.79 Å². The van der Waals surface area contributed by atoms with E-state index < -0.39 is 25.5 Å². The molecule has 33 heavy (non-hydrogen) atoms. The number of nitrogens with one attached hydrogen (secondary N) is 2. The molecule has 170 valence electrons. The van der Waals surface area contributed by atoms with Gasteiger partial charge in [0.05, 0.1) is 27.4 Å². The first-order chi connectivity index (χ1) is 15.5. The number of hydrazone groups is 1. The van der Waals surface area contributed by atoms with Crippen molar-refractivity contribution in [2.45, 2.75) is 9.79 Å². The highest BCUT2D eigenvalue weighted by Crippen LogP contribution is 2.30. The van der Waals surface area contributed by atoms with Crippen LogP contribution in [0.15, 0.2) is 81.6 Å². The zero-order chi connectivity index (χ0) is 23.8. The Morgan fingerprint density at radius 2 is 1.42 bits per heavy atom. The minimum atomic E-state index is -3.33. The zero-order valence-corrected chi connectivity index (χ0v) is 19.3. The summed E-state index contributed by atoms with van der Waals surface area (Å²) in [6.45, 7) is 0. The molecular formula is C23H20FN3O4S2. The second kappa shape index (κ2) is 8.45. The third kappa shape index (κ3) is 4.96. The molecule has 0 saturated carbocycles. The van der Waals surface area contributed by atoms with E-state index >= 15 is 0 Å². The first-order valence-corrected chi connectivity index (χ1v) is 13.5. The molecule has 1 heterocycles. The van der Waals surface area contributed by atoms with Crippen LogP contribution in [0.25, 0.3) is 22.2 Å². The molecule has 0 atom stereocenters. The van der Waals surface area contributed by atoms with Gasteiger partial charge >= 0.3 is 0 Å². The van der Waals surface area contributed by atoms with Crippen molar-refractivity contribution in [3.8, 4) is 11.3 Å². The second-order valence-corrected chi connectivity index (χ2v) is 11.6. The number of nitrogens with zero attached hydrogens (tertiary/aromatic N) is 1. The van der Waals surface area contributed by atoms with Crippen molar-refractivity contribution in [2.24, 2.45) is 5.10 Å². The molecule has 0 aliphatic rings. The number of aromatic nitrogens is 1. The Kier molecular flexibility index (Phi) is 5.81. The molecule has 0 saturated heterocycles. The maximum Gasteiger partial charge on any atom is 0.175 e. The van der Waals surface area contributed by atoms with Gasteiger partial charge in [-0.25, -0.2) is 21.2 Å². The number of anilines is 1. The summed E-state index contributed by atoms with van der Waals surface area (Å²) in [5.41, 5.74) is 6.06. The number of aromatic amines is 1. The summed E-state index contributed by atoms with van der Waals surface area (Å²) in [5, 5.41) is 4.84. The number of H-pyrrole nitrogens is 1. The van der Waals surface area contributed by atoms with Crippen LogP contribution < -0.4 is 5.43 Å². The fraction of sp³-hybridized carbons (Fsp3) is 0.0870. The highest BCUT2D eigenvalue weighted by atomic mass is 32.2. The molecular weight excluding hydrogens is 465 g/mol. The molecule has 0 aliphatic heterocycles. The van der Waals surface area contributed by atoms with Crippen molar-refractivity contribution >= 4 is 42.5 Å². The Morgan fingerprint density at radius 3 is 2.00 bits per heavy atom. The number of rotatable bonds is 6. The Labute approximate surface area is 190 Å². The van der Waals surface area contributed by atoms with Crippen LogP contribution in [0, 0.1) is 5.82 Å². The molecule has 0 fully saturated rings. The maximum atomic E-state index is 13.9. The van der Waals surface area contributed by atoms with Gasteiger partial charge in [0, 0.05) is 29.0 Å². The largest absolute Gasteiger partial charge is 0.354 e. The minimum absolute atomic E-state index is 0.197. The van der Waals surface area contributed by atoms with Crippen LogP contribution in [-0.4, -0.2) is 40.5 Å². The van der Waals surface area contributed by atoms with Crippen LogP contribution in [0.3, 0.4) is 0 Å². The van der Waals surface area contributed by atoms with E-state index in [1.54, 1.807) is 30.3 Å². The van der Waals surface area contributed by atoms with Gasteiger partial charge in [-0.05, 0) is 60.2 Å². The van der Waals surface area contributed by atoms with Crippen molar-refractivity contribution in [2.75, 3.05) is 17.9 Å². The molecule has 1 aromatic heterocycles. The average Bonchev–Trinajstić information content (AvgIpc) is 3.11. The van der Waals surface area contributed by atoms with Crippen molar-refractivity contribution in [3.63, 3.8) is 0 Å². The molecule has 0 amide bonds. The van der Waals surface area contributed by atoms with Crippen molar-refractivity contribution in [3.05, 3.63) is 78.1 Å². The lowest BCUT2D eigenvalue weighted by atomic mass is 10.1. The van der Waals surface area contributed by atoms with Crippen molar-refractivity contribution < 1.29 is 21.2 Å². The van der Waals surface area contributed by atoms with E-state index in [1.165, 1.54) is 42.6 Å². The van der Waals surface area contributed by atoms with E-state index in [0.29, 0.717) is 33.4 Å². The van der Waals surface area contributed by atoms with E-state index in [4.69, 9.17) is 0 Å². The first kappa shape index (κ1) is 22.7. The summed E-state index contributed by atoms with van der Waals surface area (Å²) in [6, 6.07) is 16.9. The average molecular weight is 486 g/mol. The summed E-state index contributed by atoms with van der Waals surface area (Å²) in [7, 11) is -6.63. The van der Waals surface area contributed by atoms with E-state index in [1.807, 2.05) is 0 Å². The number of benzene rings is 3.